The van der Waals surface area contributed by atoms with Crippen LogP contribution in [0.4, 0.5) is 0 Å². The van der Waals surface area contributed by atoms with Crippen LogP contribution < -0.4 is 0 Å². The van der Waals surface area contributed by atoms with Crippen LogP contribution in [-0.2, 0) is 31.6 Å². The molecular formula is C20H22N3O7P. The van der Waals surface area contributed by atoms with Gasteiger partial charge in [0.1, 0.15) is 5.75 Å². The first-order chi connectivity index (χ1) is 14.7. The Hall–Kier alpha value is -3.04. The molecule has 0 aliphatic heterocycles. The van der Waals surface area contributed by atoms with E-state index in [1.165, 1.54) is 19.5 Å². The Morgan fingerprint density at radius 2 is 2.06 bits per heavy atom. The van der Waals surface area contributed by atoms with Gasteiger partial charge >= 0.3 is 13.8 Å². The minimum absolute atomic E-state index is 0.147. The highest BCUT2D eigenvalue weighted by Gasteiger charge is 2.21. The number of benzene rings is 1. The Balaban J connectivity index is 1.93. The molecule has 0 amide bonds. The van der Waals surface area contributed by atoms with Gasteiger partial charge in [0.15, 0.2) is 6.04 Å². The number of phosphoric acid groups is 1. The van der Waals surface area contributed by atoms with Gasteiger partial charge in [-0.15, -0.1) is 0 Å². The molecule has 0 bridgehead atoms. The van der Waals surface area contributed by atoms with E-state index in [4.69, 9.17) is 14.5 Å². The minimum atomic E-state index is -4.73. The highest BCUT2D eigenvalue weighted by atomic mass is 31.2. The van der Waals surface area contributed by atoms with Crippen LogP contribution in [0.5, 0.6) is 5.75 Å². The van der Waals surface area contributed by atoms with Crippen LogP contribution in [0.25, 0.3) is 10.9 Å². The summed E-state index contributed by atoms with van der Waals surface area (Å²) in [7, 11) is -3.47. The van der Waals surface area contributed by atoms with Crippen molar-refractivity contribution in [1.29, 1.82) is 0 Å². The Bertz CT molecular complexity index is 1170. The number of carbonyl (C=O) groups is 1. The molecule has 0 spiro atoms. The third-order valence-corrected chi connectivity index (χ3v) is 5.16. The van der Waals surface area contributed by atoms with Crippen molar-refractivity contribution in [3.8, 4) is 5.75 Å². The summed E-state index contributed by atoms with van der Waals surface area (Å²) in [5.74, 6) is -0.800. The highest BCUT2D eigenvalue weighted by Crippen LogP contribution is 2.37. The van der Waals surface area contributed by atoms with Gasteiger partial charge in [-0.25, -0.2) is 9.36 Å². The number of hydrogen-bond donors (Lipinski definition) is 4. The van der Waals surface area contributed by atoms with E-state index in [2.05, 4.69) is 19.5 Å². The summed E-state index contributed by atoms with van der Waals surface area (Å²) in [6.07, 6.45) is 4.62. The lowest BCUT2D eigenvalue weighted by Gasteiger charge is -2.13. The number of nitrogens with one attached hydrogen (secondary N) is 1. The van der Waals surface area contributed by atoms with Gasteiger partial charge in [0.05, 0.1) is 19.4 Å². The molecule has 0 saturated carbocycles. The fraction of sp³-hybridized carbons (Fsp3) is 0.250. The van der Waals surface area contributed by atoms with Crippen LogP contribution in [-0.4, -0.2) is 50.2 Å². The van der Waals surface area contributed by atoms with E-state index in [0.717, 1.165) is 16.5 Å². The SMILES string of the molecule is COC(=O)[C@H](Cc1c[nH]c2ccccc12)N=Cc1c(COP(=O)(O)O)cnc(C)c1O. The van der Waals surface area contributed by atoms with Gasteiger partial charge in [0, 0.05) is 47.1 Å². The predicted molar refractivity (Wildman–Crippen MR) is 113 cm³/mol. The number of rotatable bonds is 8. The third-order valence-electron chi connectivity index (χ3n) is 4.69. The number of nitrogens with zero attached hydrogens (tertiary/aromatic N) is 2. The molecular weight excluding hydrogens is 425 g/mol. The van der Waals surface area contributed by atoms with E-state index in [0.29, 0.717) is 0 Å². The molecule has 0 radical (unpaired) electrons. The number of carbonyl (C=O) groups excluding carboxylic acids is 1. The summed E-state index contributed by atoms with van der Waals surface area (Å²) in [5.41, 5.74) is 2.42. The van der Waals surface area contributed by atoms with Gasteiger partial charge in [0.2, 0.25) is 0 Å². The van der Waals surface area contributed by atoms with Gasteiger partial charge < -0.3 is 24.6 Å². The fourth-order valence-electron chi connectivity index (χ4n) is 3.07. The second-order valence-electron chi connectivity index (χ2n) is 6.78. The molecule has 0 aliphatic carbocycles. The zero-order valence-electron chi connectivity index (χ0n) is 16.8. The molecule has 2 aromatic heterocycles. The number of phosphoric ester groups is 1. The lowest BCUT2D eigenvalue weighted by atomic mass is 10.0. The van der Waals surface area contributed by atoms with Crippen LogP contribution in [0.3, 0.4) is 0 Å². The average molecular weight is 447 g/mol. The molecule has 0 unspecified atom stereocenters. The monoisotopic (exact) mass is 447 g/mol. The second-order valence-corrected chi connectivity index (χ2v) is 8.02. The molecule has 2 heterocycles. The second kappa shape index (κ2) is 9.40. The number of aromatic hydroxyl groups is 1. The Kier molecular flexibility index (Phi) is 6.87. The summed E-state index contributed by atoms with van der Waals surface area (Å²) in [4.78, 5) is 41.7. The van der Waals surface area contributed by atoms with Crippen molar-refractivity contribution in [2.45, 2.75) is 26.0 Å². The maximum absolute atomic E-state index is 12.3. The van der Waals surface area contributed by atoms with Gasteiger partial charge in [-0.05, 0) is 18.6 Å². The largest absolute Gasteiger partial charge is 0.505 e. The Morgan fingerprint density at radius 3 is 2.77 bits per heavy atom. The summed E-state index contributed by atoms with van der Waals surface area (Å²) in [6, 6.07) is 6.72. The van der Waals surface area contributed by atoms with Gasteiger partial charge in [0.25, 0.3) is 0 Å². The number of aliphatic imine (C=N–C) groups is 1. The molecule has 0 aliphatic rings. The molecule has 4 N–H and O–H groups in total. The van der Waals surface area contributed by atoms with E-state index in [9.17, 15) is 14.5 Å². The number of aromatic amines is 1. The maximum Gasteiger partial charge on any atom is 0.469 e. The first-order valence-electron chi connectivity index (χ1n) is 9.23. The van der Waals surface area contributed by atoms with Gasteiger partial charge in [-0.3, -0.25) is 14.5 Å². The molecule has 3 rings (SSSR count). The zero-order valence-corrected chi connectivity index (χ0v) is 17.7. The number of esters is 1. The summed E-state index contributed by atoms with van der Waals surface area (Å²) in [5, 5.41) is 11.3. The van der Waals surface area contributed by atoms with E-state index >= 15 is 0 Å². The highest BCUT2D eigenvalue weighted by molar-refractivity contribution is 7.46. The number of aryl methyl sites for hydroxylation is 1. The molecule has 3 aromatic rings. The molecule has 0 saturated heterocycles. The molecule has 10 nitrogen and oxygen atoms in total. The van der Waals surface area contributed by atoms with Crippen molar-refractivity contribution in [2.24, 2.45) is 4.99 Å². The number of fused-ring (bicyclic) bond motifs is 1. The average Bonchev–Trinajstić information content (AvgIpc) is 3.14. The zero-order chi connectivity index (χ0) is 22.6. The quantitative estimate of drug-likeness (QED) is 0.233. The number of aromatic nitrogens is 2. The standard InChI is InChI=1S/C20H22N3O7P/c1-12-19(24)16(14(9-21-12)11-30-31(26,27)28)10-23-18(20(25)29-2)7-13-8-22-17-6-4-3-5-15(13)17/h3-6,8-10,18,22,24H,7,11H2,1-2H3,(H2,26,27,28)/t18-/m0/s1. The molecule has 164 valence electrons. The van der Waals surface area contributed by atoms with Crippen LogP contribution in [0, 0.1) is 6.92 Å². The van der Waals surface area contributed by atoms with Crippen molar-refractivity contribution in [3.05, 3.63) is 59.0 Å². The van der Waals surface area contributed by atoms with E-state index in [1.54, 1.807) is 13.1 Å². The normalized spacial score (nSPS) is 13.0. The molecule has 31 heavy (non-hydrogen) atoms. The Morgan fingerprint density at radius 1 is 1.32 bits per heavy atom. The lowest BCUT2D eigenvalue weighted by Crippen LogP contribution is -2.23. The van der Waals surface area contributed by atoms with Crippen molar-refractivity contribution >= 4 is 30.9 Å². The van der Waals surface area contributed by atoms with Crippen LogP contribution in [0.15, 0.2) is 41.7 Å². The van der Waals surface area contributed by atoms with Crippen molar-refractivity contribution in [1.82, 2.24) is 9.97 Å². The van der Waals surface area contributed by atoms with Gasteiger partial charge in [-0.2, -0.15) is 0 Å². The van der Waals surface area contributed by atoms with Crippen LogP contribution in [0.2, 0.25) is 0 Å². The van der Waals surface area contributed by atoms with E-state index in [1.807, 2.05) is 24.3 Å². The number of hydrogen-bond acceptors (Lipinski definition) is 7. The van der Waals surface area contributed by atoms with Gasteiger partial charge in [-0.1, -0.05) is 18.2 Å². The molecule has 11 heteroatoms. The summed E-state index contributed by atoms with van der Waals surface area (Å²) in [6.45, 7) is 1.06. The summed E-state index contributed by atoms with van der Waals surface area (Å²) >= 11 is 0. The van der Waals surface area contributed by atoms with Crippen molar-refractivity contribution < 1.29 is 33.5 Å². The fourth-order valence-corrected chi connectivity index (χ4v) is 3.38. The maximum atomic E-state index is 12.3. The molecule has 1 aromatic carbocycles. The summed E-state index contributed by atoms with van der Waals surface area (Å²) < 4.78 is 20.4. The number of para-hydroxylation sites is 1. The number of H-pyrrole nitrogens is 1. The minimum Gasteiger partial charge on any atom is -0.505 e. The topological polar surface area (TPSA) is 154 Å². The predicted octanol–water partition coefficient (Wildman–Crippen LogP) is 2.39. The Labute approximate surface area is 177 Å². The molecule has 1 atom stereocenters. The van der Waals surface area contributed by atoms with E-state index in [-0.39, 0.29) is 29.0 Å². The smallest absolute Gasteiger partial charge is 0.469 e. The first kappa shape index (κ1) is 22.6. The van der Waals surface area contributed by atoms with Crippen LogP contribution in [0.1, 0.15) is 22.4 Å². The number of pyridine rings is 1. The third kappa shape index (κ3) is 5.56. The number of methoxy groups -OCH3 is 1. The van der Waals surface area contributed by atoms with Crippen molar-refractivity contribution in [3.63, 3.8) is 0 Å². The van der Waals surface area contributed by atoms with Crippen molar-refractivity contribution in [2.75, 3.05) is 7.11 Å². The first-order valence-corrected chi connectivity index (χ1v) is 10.8. The number of ether oxygens (including phenoxy) is 1. The molecule has 0 fully saturated rings. The lowest BCUT2D eigenvalue weighted by molar-refractivity contribution is -0.142. The van der Waals surface area contributed by atoms with Crippen LogP contribution >= 0.6 is 7.82 Å². The van der Waals surface area contributed by atoms with E-state index < -0.39 is 26.4 Å².